The van der Waals surface area contributed by atoms with Gasteiger partial charge < -0.3 is 30.2 Å². The van der Waals surface area contributed by atoms with Gasteiger partial charge in [-0.2, -0.15) is 0 Å². The Morgan fingerprint density at radius 3 is 1.52 bits per heavy atom. The Hall–Kier alpha value is -8.19. The summed E-state index contributed by atoms with van der Waals surface area (Å²) >= 11 is 4.51. The monoisotopic (exact) mass is 1130 g/mol. The van der Waals surface area contributed by atoms with Crippen LogP contribution in [0.4, 0.5) is 30.2 Å². The summed E-state index contributed by atoms with van der Waals surface area (Å²) in [5.74, 6) is -1.79. The van der Waals surface area contributed by atoms with E-state index in [1.54, 1.807) is 95.4 Å². The fraction of sp³-hybridized carbons (Fsp3) is 0.213. The van der Waals surface area contributed by atoms with Gasteiger partial charge in [0.2, 0.25) is 17.7 Å². The predicted octanol–water partition coefficient (Wildman–Crippen LogP) is 15.3. The van der Waals surface area contributed by atoms with E-state index in [-0.39, 0.29) is 54.2 Å². The van der Waals surface area contributed by atoms with Crippen LogP contribution in [0.15, 0.2) is 163 Å². The Kier molecular flexibility index (Phi) is 22.7. The Labute approximate surface area is 468 Å². The van der Waals surface area contributed by atoms with Crippen molar-refractivity contribution in [3.8, 4) is 17.2 Å². The van der Waals surface area contributed by atoms with E-state index in [1.807, 2.05) is 61.5 Å². The predicted molar refractivity (Wildman–Crippen MR) is 314 cm³/mol. The van der Waals surface area contributed by atoms with E-state index in [4.69, 9.17) is 14.2 Å². The molecule has 3 aromatic heterocycles. The lowest BCUT2D eigenvalue weighted by Crippen LogP contribution is -2.15. The van der Waals surface area contributed by atoms with Crippen LogP contribution in [0, 0.1) is 17.5 Å². The number of allylic oxidation sites excluding steroid dienone is 3. The van der Waals surface area contributed by atoms with Crippen molar-refractivity contribution in [3.63, 3.8) is 0 Å². The number of fused-ring (bicyclic) bond motifs is 3. The van der Waals surface area contributed by atoms with Crippen molar-refractivity contribution < 1.29 is 41.8 Å². The van der Waals surface area contributed by atoms with Crippen LogP contribution >= 0.6 is 34.0 Å². The summed E-state index contributed by atoms with van der Waals surface area (Å²) in [7, 11) is 0. The van der Waals surface area contributed by atoms with Gasteiger partial charge in [-0.3, -0.25) is 14.4 Å². The van der Waals surface area contributed by atoms with Gasteiger partial charge in [-0.15, -0.1) is 47.2 Å². The van der Waals surface area contributed by atoms with Crippen LogP contribution in [0.25, 0.3) is 30.6 Å². The van der Waals surface area contributed by atoms with Gasteiger partial charge in [0.05, 0.1) is 79.7 Å². The van der Waals surface area contributed by atoms with E-state index in [0.717, 1.165) is 69.2 Å². The summed E-state index contributed by atoms with van der Waals surface area (Å²) in [6, 6.07) is 31.1. The minimum absolute atomic E-state index is 0.0553. The number of anilines is 3. The minimum Gasteiger partial charge on any atom is -0.491 e. The van der Waals surface area contributed by atoms with Gasteiger partial charge in [-0.05, 0) is 111 Å². The highest BCUT2D eigenvalue weighted by atomic mass is 32.1. The van der Waals surface area contributed by atoms with Crippen molar-refractivity contribution in [1.29, 1.82) is 0 Å². The standard InChI is InChI=1S/C21H21FN2O2S.2C20H19FN2O2S/c1-2-3-4-5-11-26-18-8-6-7-15(21(18)22)12-20(25)24-16-9-10-17-19(13-16)27-14-23-17;2*1-2-3-4-10-25-17-7-5-6-14(20(17)21)11-19(24)23-15-8-9-16-18(12-15)26-13-22-16/h2,6-10,13-14H,1,3-5,11-12H2,(H,24,25);3-9,12-13H,2,10-11H2,1H3,(H,23,24);2,5-9,12-13H,1,3-4,10-11H2,(H,23,24)/i24+2;;23+1. The first kappa shape index (κ1) is 58.5. The molecule has 3 N–H and O–H groups in total. The topological polar surface area (TPSA) is 154 Å². The fourth-order valence-electron chi connectivity index (χ4n) is 7.70. The Bertz CT molecular complexity index is 3530. The average Bonchev–Trinajstić information content (AvgIpc) is 4.25. The maximum Gasteiger partial charge on any atom is 0.228 e. The van der Waals surface area contributed by atoms with Crippen LogP contribution in [0.1, 0.15) is 62.1 Å². The van der Waals surface area contributed by atoms with E-state index < -0.39 is 17.5 Å². The normalized spacial score (nSPS) is 10.8. The molecule has 12 nitrogen and oxygen atoms in total. The molecule has 3 heterocycles. The Morgan fingerprint density at radius 1 is 0.557 bits per heavy atom. The van der Waals surface area contributed by atoms with Crippen molar-refractivity contribution in [3.05, 3.63) is 197 Å². The summed E-state index contributed by atoms with van der Waals surface area (Å²) in [6.07, 6.45) is 12.5. The Balaban J connectivity index is 0.000000172. The van der Waals surface area contributed by atoms with Crippen molar-refractivity contribution >= 4 is 99.4 Å². The smallest absolute Gasteiger partial charge is 0.228 e. The molecule has 0 aliphatic heterocycles. The molecule has 0 aliphatic rings. The number of halogens is 3. The second-order valence-electron chi connectivity index (χ2n) is 17.6. The third-order valence-electron chi connectivity index (χ3n) is 11.6. The fourth-order valence-corrected chi connectivity index (χ4v) is 9.85. The maximum atomic E-state index is 14.6. The first-order chi connectivity index (χ1) is 38.5. The molecule has 0 saturated heterocycles. The zero-order valence-electron chi connectivity index (χ0n) is 43.5. The lowest BCUT2D eigenvalue weighted by molar-refractivity contribution is -0.116. The second-order valence-corrected chi connectivity index (χ2v) is 20.2. The van der Waals surface area contributed by atoms with Crippen molar-refractivity contribution in [2.24, 2.45) is 0 Å². The molecule has 0 fully saturated rings. The largest absolute Gasteiger partial charge is 0.491 e. The number of nitrogens with zero attached hydrogens (tertiary/aromatic N) is 3. The number of hydrogen-bond acceptors (Lipinski definition) is 12. The molecule has 3 amide bonds. The van der Waals surface area contributed by atoms with Gasteiger partial charge in [0, 0.05) is 33.8 Å². The molecule has 79 heavy (non-hydrogen) atoms. The van der Waals surface area contributed by atoms with E-state index in [2.05, 4.69) is 44.1 Å². The van der Waals surface area contributed by atoms with Crippen molar-refractivity contribution in [1.82, 2.24) is 15.0 Å². The van der Waals surface area contributed by atoms with Crippen LogP contribution < -0.4 is 30.2 Å². The molecular weight excluding hydrogens is 1070 g/mol. The van der Waals surface area contributed by atoms with Gasteiger partial charge in [0.15, 0.2) is 34.7 Å². The van der Waals surface area contributed by atoms with Crippen LogP contribution in [0.3, 0.4) is 0 Å². The molecule has 6 aromatic carbocycles. The number of aromatic nitrogens is 3. The SMILES string of the molecule is C=CCCCCOc1cccc(CC(=O)[16NH]c2ccc3ncsc3c2)c1F.C=CCCCOc1cccc(CC(=O)[15NH]c2ccc3ncsc3c2)c1F.CCC=CCOc1cccc(CC(=O)Nc2ccc3ncsc3c2)c1F. The molecule has 9 rings (SSSR count). The lowest BCUT2D eigenvalue weighted by atomic mass is 10.1. The van der Waals surface area contributed by atoms with Crippen LogP contribution in [-0.2, 0) is 33.6 Å². The number of unbranched alkanes of at least 4 members (excludes halogenated alkanes) is 3. The second kappa shape index (κ2) is 30.7. The Morgan fingerprint density at radius 2 is 1.01 bits per heavy atom. The molecule has 0 atom stereocenters. The zero-order chi connectivity index (χ0) is 55.8. The average molecular weight is 1130 g/mol. The number of ether oxygens (including phenoxy) is 3. The first-order valence-electron chi connectivity index (χ1n) is 25.5. The summed E-state index contributed by atoms with van der Waals surface area (Å²) < 4.78 is 63.0. The van der Waals surface area contributed by atoms with Gasteiger partial charge in [0.1, 0.15) is 6.61 Å². The number of rotatable bonds is 24. The van der Waals surface area contributed by atoms with Crippen molar-refractivity contribution in [2.75, 3.05) is 35.8 Å². The molecule has 9 aromatic rings. The number of carbonyl (C=O) groups excluding carboxylic acids is 3. The number of amides is 3. The van der Waals surface area contributed by atoms with Gasteiger partial charge in [-0.1, -0.05) is 67.6 Å². The molecule has 0 spiro atoms. The molecule has 0 unspecified atom stereocenters. The molecule has 0 bridgehead atoms. The minimum atomic E-state index is -0.495. The molecule has 0 radical (unpaired) electrons. The number of benzene rings is 6. The zero-order valence-corrected chi connectivity index (χ0v) is 45.9. The molecule has 0 aliphatic carbocycles. The highest BCUT2D eigenvalue weighted by Crippen LogP contribution is 2.28. The molecule has 408 valence electrons. The van der Waals surface area contributed by atoms with Crippen LogP contribution in [0.2, 0.25) is 0 Å². The van der Waals surface area contributed by atoms with Crippen LogP contribution in [0.5, 0.6) is 17.2 Å². The van der Waals surface area contributed by atoms with E-state index >= 15 is 0 Å². The number of nitrogens with one attached hydrogen (secondary N) is 3. The van der Waals surface area contributed by atoms with E-state index in [9.17, 15) is 27.6 Å². The van der Waals surface area contributed by atoms with E-state index in [0.29, 0.717) is 53.6 Å². The van der Waals surface area contributed by atoms with Gasteiger partial charge >= 0.3 is 0 Å². The van der Waals surface area contributed by atoms with E-state index in [1.165, 1.54) is 34.0 Å². The quantitative estimate of drug-likeness (QED) is 0.0305. The maximum absolute atomic E-state index is 14.6. The number of hydrogen-bond donors (Lipinski definition) is 3. The highest BCUT2D eigenvalue weighted by molar-refractivity contribution is 7.17. The number of carbonyl (C=O) groups is 3. The third kappa shape index (κ3) is 17.9. The molecule has 18 heteroatoms. The highest BCUT2D eigenvalue weighted by Gasteiger charge is 2.17. The summed E-state index contributed by atoms with van der Waals surface area (Å²) in [6.45, 7) is 10.5. The third-order valence-corrected chi connectivity index (χ3v) is 14.0. The van der Waals surface area contributed by atoms with Gasteiger partial charge in [-0.25, -0.2) is 28.1 Å². The number of thiazole rings is 3. The van der Waals surface area contributed by atoms with Crippen LogP contribution in [-0.4, -0.2) is 52.5 Å². The molecular formula is C61H59F3N6O6S3. The summed E-state index contributed by atoms with van der Waals surface area (Å²) in [5.41, 5.74) is 10.9. The lowest BCUT2D eigenvalue weighted by Gasteiger charge is -2.10. The first-order valence-corrected chi connectivity index (χ1v) is 28.1. The molecule has 0 saturated carbocycles. The summed E-state index contributed by atoms with van der Waals surface area (Å²) in [5, 5.41) is 8.41. The van der Waals surface area contributed by atoms with Gasteiger partial charge in [0.25, 0.3) is 0 Å². The van der Waals surface area contributed by atoms with Crippen molar-refractivity contribution in [2.45, 2.75) is 64.7 Å². The summed E-state index contributed by atoms with van der Waals surface area (Å²) in [4.78, 5) is 49.5.